The zero-order chi connectivity index (χ0) is 11.7. The summed E-state index contributed by atoms with van der Waals surface area (Å²) in [5, 5.41) is 2.70. The van der Waals surface area contributed by atoms with Gasteiger partial charge in [0.15, 0.2) is 0 Å². The van der Waals surface area contributed by atoms with E-state index in [2.05, 4.69) is 5.32 Å². The van der Waals surface area contributed by atoms with Crippen LogP contribution in [0.15, 0.2) is 30.3 Å². The Labute approximate surface area is 93.2 Å². The third-order valence-electron chi connectivity index (χ3n) is 2.66. The van der Waals surface area contributed by atoms with Crippen LogP contribution in [-0.4, -0.2) is 28.9 Å². The molecule has 0 saturated carbocycles. The van der Waals surface area contributed by atoms with Gasteiger partial charge in [0.2, 0.25) is 5.91 Å². The zero-order valence-corrected chi connectivity index (χ0v) is 8.88. The summed E-state index contributed by atoms with van der Waals surface area (Å²) in [5.74, 6) is -0.462. The van der Waals surface area contributed by atoms with Gasteiger partial charge in [-0.3, -0.25) is 4.79 Å². The molecule has 16 heavy (non-hydrogen) atoms. The maximum absolute atomic E-state index is 11.7. The van der Waals surface area contributed by atoms with Crippen LogP contribution in [-0.2, 0) is 4.79 Å². The molecule has 1 fully saturated rings. The van der Waals surface area contributed by atoms with Gasteiger partial charge < -0.3 is 16.0 Å². The van der Waals surface area contributed by atoms with Crippen LogP contribution in [0.5, 0.6) is 0 Å². The number of urea groups is 1. The van der Waals surface area contributed by atoms with Crippen LogP contribution in [0.25, 0.3) is 0 Å². The Morgan fingerprint density at radius 2 is 1.94 bits per heavy atom. The van der Waals surface area contributed by atoms with E-state index in [1.54, 1.807) is 19.1 Å². The second kappa shape index (κ2) is 3.84. The first kappa shape index (κ1) is 10.5. The van der Waals surface area contributed by atoms with Crippen molar-refractivity contribution in [3.8, 4) is 0 Å². The lowest BCUT2D eigenvalue weighted by Crippen LogP contribution is -2.27. The molecule has 1 aromatic rings. The molecular weight excluding hydrogens is 206 g/mol. The quantitative estimate of drug-likeness (QED) is 0.721. The standard InChI is InChI=1S/C11H13N3O2/c1-7-9(10(12)15)14(7)11(16)13-8-5-3-2-4-6-8/h2-7,9H,1H3,(H2,12,15)(H,13,16)/t7-,9+,14?/m1/s1. The van der Waals surface area contributed by atoms with Crippen molar-refractivity contribution in [2.75, 3.05) is 5.32 Å². The molecule has 0 unspecified atom stereocenters. The van der Waals surface area contributed by atoms with Crippen molar-refractivity contribution in [2.24, 2.45) is 5.73 Å². The Hall–Kier alpha value is -2.04. The maximum Gasteiger partial charge on any atom is 0.322 e. The SMILES string of the molecule is C[C@@H]1[C@@H](C(N)=O)N1C(=O)Nc1ccccc1. The van der Waals surface area contributed by atoms with Gasteiger partial charge in [0.05, 0.1) is 6.04 Å². The maximum atomic E-state index is 11.7. The summed E-state index contributed by atoms with van der Waals surface area (Å²) >= 11 is 0. The summed E-state index contributed by atoms with van der Waals surface area (Å²) in [6.45, 7) is 1.79. The Balaban J connectivity index is 1.98. The molecule has 0 radical (unpaired) electrons. The molecule has 2 atom stereocenters. The predicted molar refractivity (Wildman–Crippen MR) is 59.7 cm³/mol. The minimum absolute atomic E-state index is 0.110. The minimum atomic E-state index is -0.469. The normalized spacial score (nSPS) is 22.7. The van der Waals surface area contributed by atoms with Gasteiger partial charge in [0.1, 0.15) is 6.04 Å². The van der Waals surface area contributed by atoms with Crippen LogP contribution in [0.1, 0.15) is 6.92 Å². The molecule has 1 aromatic carbocycles. The molecule has 2 rings (SSSR count). The lowest BCUT2D eigenvalue weighted by atomic mass is 10.3. The minimum Gasteiger partial charge on any atom is -0.368 e. The number of nitrogens with two attached hydrogens (primary N) is 1. The number of anilines is 1. The number of primary amides is 1. The Morgan fingerprint density at radius 1 is 1.31 bits per heavy atom. The highest BCUT2D eigenvalue weighted by Gasteiger charge is 2.51. The fourth-order valence-electron chi connectivity index (χ4n) is 1.74. The van der Waals surface area contributed by atoms with E-state index in [1.165, 1.54) is 4.90 Å². The number of benzene rings is 1. The van der Waals surface area contributed by atoms with Gasteiger partial charge in [0, 0.05) is 5.69 Å². The first-order chi connectivity index (χ1) is 7.61. The summed E-state index contributed by atoms with van der Waals surface area (Å²) in [7, 11) is 0. The van der Waals surface area contributed by atoms with Crippen molar-refractivity contribution in [2.45, 2.75) is 19.0 Å². The third kappa shape index (κ3) is 1.84. The van der Waals surface area contributed by atoms with E-state index in [-0.39, 0.29) is 12.1 Å². The predicted octanol–water partition coefficient (Wildman–Crippen LogP) is 0.776. The molecule has 1 heterocycles. The van der Waals surface area contributed by atoms with Crippen LogP contribution >= 0.6 is 0 Å². The first-order valence-electron chi connectivity index (χ1n) is 5.05. The fraction of sp³-hybridized carbons (Fsp3) is 0.273. The fourth-order valence-corrected chi connectivity index (χ4v) is 1.74. The van der Waals surface area contributed by atoms with E-state index in [0.717, 1.165) is 0 Å². The molecule has 1 aliphatic heterocycles. The smallest absolute Gasteiger partial charge is 0.322 e. The molecule has 5 nitrogen and oxygen atoms in total. The molecule has 0 spiro atoms. The zero-order valence-electron chi connectivity index (χ0n) is 8.88. The number of nitrogens with one attached hydrogen (secondary N) is 1. The van der Waals surface area contributed by atoms with E-state index in [1.807, 2.05) is 18.2 Å². The number of nitrogens with zero attached hydrogens (tertiary/aromatic N) is 1. The second-order valence-electron chi connectivity index (χ2n) is 3.79. The number of hydrogen-bond acceptors (Lipinski definition) is 2. The number of carbonyl (C=O) groups is 2. The molecular formula is C11H13N3O2. The Kier molecular flexibility index (Phi) is 2.52. The topological polar surface area (TPSA) is 75.2 Å². The van der Waals surface area contributed by atoms with Crippen molar-refractivity contribution in [1.82, 2.24) is 4.90 Å². The molecule has 0 bridgehead atoms. The highest BCUT2D eigenvalue weighted by Crippen LogP contribution is 2.28. The first-order valence-corrected chi connectivity index (χ1v) is 5.05. The van der Waals surface area contributed by atoms with Gasteiger partial charge in [-0.15, -0.1) is 0 Å². The molecule has 84 valence electrons. The molecule has 5 heteroatoms. The van der Waals surface area contributed by atoms with Crippen LogP contribution in [0.3, 0.4) is 0 Å². The third-order valence-corrected chi connectivity index (χ3v) is 2.66. The number of amides is 3. The number of hydrogen-bond donors (Lipinski definition) is 2. The van der Waals surface area contributed by atoms with Crippen molar-refractivity contribution >= 4 is 17.6 Å². The average molecular weight is 219 g/mol. The van der Waals surface area contributed by atoms with Gasteiger partial charge in [-0.25, -0.2) is 4.79 Å². The highest BCUT2D eigenvalue weighted by atomic mass is 16.2. The Bertz CT molecular complexity index is 418. The summed E-state index contributed by atoms with van der Waals surface area (Å²) in [6.07, 6.45) is 0. The molecule has 3 amide bonds. The second-order valence-corrected chi connectivity index (χ2v) is 3.79. The molecule has 0 aromatic heterocycles. The van der Waals surface area contributed by atoms with Crippen LogP contribution < -0.4 is 11.1 Å². The average Bonchev–Trinajstić information content (AvgIpc) is 2.92. The van der Waals surface area contributed by atoms with Crippen molar-refractivity contribution in [3.05, 3.63) is 30.3 Å². The Morgan fingerprint density at radius 3 is 2.44 bits per heavy atom. The molecule has 3 N–H and O–H groups in total. The highest BCUT2D eigenvalue weighted by molar-refractivity contribution is 5.98. The lowest BCUT2D eigenvalue weighted by molar-refractivity contribution is -0.118. The number of carbonyl (C=O) groups excluding carboxylic acids is 2. The summed E-state index contributed by atoms with van der Waals surface area (Å²) in [4.78, 5) is 24.1. The van der Waals surface area contributed by atoms with Crippen molar-refractivity contribution < 1.29 is 9.59 Å². The van der Waals surface area contributed by atoms with E-state index in [4.69, 9.17) is 5.73 Å². The van der Waals surface area contributed by atoms with E-state index in [0.29, 0.717) is 5.69 Å². The lowest BCUT2D eigenvalue weighted by Gasteiger charge is -2.06. The van der Waals surface area contributed by atoms with E-state index >= 15 is 0 Å². The van der Waals surface area contributed by atoms with Gasteiger partial charge in [0.25, 0.3) is 0 Å². The van der Waals surface area contributed by atoms with Crippen LogP contribution in [0.4, 0.5) is 10.5 Å². The summed E-state index contributed by atoms with van der Waals surface area (Å²) in [6, 6.07) is 8.21. The van der Waals surface area contributed by atoms with Crippen molar-refractivity contribution in [1.29, 1.82) is 0 Å². The molecule has 1 saturated heterocycles. The van der Waals surface area contributed by atoms with Gasteiger partial charge >= 0.3 is 6.03 Å². The van der Waals surface area contributed by atoms with Crippen LogP contribution in [0, 0.1) is 0 Å². The summed E-state index contributed by atoms with van der Waals surface area (Å²) < 4.78 is 0. The van der Waals surface area contributed by atoms with Gasteiger partial charge in [-0.05, 0) is 19.1 Å². The van der Waals surface area contributed by atoms with Crippen LogP contribution in [0.2, 0.25) is 0 Å². The van der Waals surface area contributed by atoms with Gasteiger partial charge in [-0.2, -0.15) is 0 Å². The molecule has 1 aliphatic rings. The number of para-hydroxylation sites is 1. The van der Waals surface area contributed by atoms with E-state index < -0.39 is 11.9 Å². The van der Waals surface area contributed by atoms with E-state index in [9.17, 15) is 9.59 Å². The summed E-state index contributed by atoms with van der Waals surface area (Å²) in [5.41, 5.74) is 5.85. The molecule has 0 aliphatic carbocycles. The monoisotopic (exact) mass is 219 g/mol. The largest absolute Gasteiger partial charge is 0.368 e. The van der Waals surface area contributed by atoms with Crippen molar-refractivity contribution in [3.63, 3.8) is 0 Å². The number of rotatable bonds is 2. The van der Waals surface area contributed by atoms with Gasteiger partial charge in [-0.1, -0.05) is 18.2 Å².